The van der Waals surface area contributed by atoms with E-state index in [1.54, 1.807) is 0 Å². The molecule has 1 heterocycles. The van der Waals surface area contributed by atoms with Crippen molar-refractivity contribution in [1.29, 1.82) is 0 Å². The topological polar surface area (TPSA) is 35.5 Å². The molecule has 0 radical (unpaired) electrons. The minimum Gasteiger partial charge on any atom is -0.394 e. The molecule has 1 saturated heterocycles. The maximum Gasteiger partial charge on any atom is 0.0614 e. The van der Waals surface area contributed by atoms with Crippen LogP contribution in [-0.4, -0.2) is 47.3 Å². The fraction of sp³-hybridized carbons (Fsp3) is 1.00. The Morgan fingerprint density at radius 1 is 1.16 bits per heavy atom. The van der Waals surface area contributed by atoms with Gasteiger partial charge in [0.15, 0.2) is 0 Å². The van der Waals surface area contributed by atoms with E-state index in [2.05, 4.69) is 24.1 Å². The van der Waals surface area contributed by atoms with E-state index in [-0.39, 0.29) is 12.1 Å². The predicted molar refractivity (Wildman–Crippen MR) is 80.4 cm³/mol. The molecule has 0 bridgehead atoms. The molecule has 1 aliphatic carbocycles. The fourth-order valence-corrected chi connectivity index (χ4v) is 3.98. The summed E-state index contributed by atoms with van der Waals surface area (Å²) < 4.78 is 0. The smallest absolute Gasteiger partial charge is 0.0614 e. The summed E-state index contributed by atoms with van der Waals surface area (Å²) >= 11 is 0. The molecule has 2 atom stereocenters. The van der Waals surface area contributed by atoms with Crippen molar-refractivity contribution in [2.75, 3.05) is 19.7 Å². The zero-order chi connectivity index (χ0) is 13.7. The highest BCUT2D eigenvalue weighted by atomic mass is 16.3. The van der Waals surface area contributed by atoms with Gasteiger partial charge in [0, 0.05) is 17.6 Å². The van der Waals surface area contributed by atoms with Crippen molar-refractivity contribution >= 4 is 0 Å². The molecule has 2 aliphatic rings. The van der Waals surface area contributed by atoms with Crippen LogP contribution in [0.15, 0.2) is 0 Å². The molecule has 2 unspecified atom stereocenters. The molecular weight excluding hydrogens is 236 g/mol. The molecule has 0 aromatic rings. The van der Waals surface area contributed by atoms with Crippen LogP contribution in [0.1, 0.15) is 65.2 Å². The van der Waals surface area contributed by atoms with Gasteiger partial charge in [-0.05, 0) is 45.2 Å². The van der Waals surface area contributed by atoms with Crippen LogP contribution in [-0.2, 0) is 0 Å². The molecule has 0 aromatic heterocycles. The van der Waals surface area contributed by atoms with Crippen molar-refractivity contribution in [3.05, 3.63) is 0 Å². The third-order valence-corrected chi connectivity index (χ3v) is 4.89. The zero-order valence-corrected chi connectivity index (χ0v) is 12.8. The van der Waals surface area contributed by atoms with Gasteiger partial charge in [0.1, 0.15) is 0 Å². The molecule has 1 saturated carbocycles. The van der Waals surface area contributed by atoms with Crippen LogP contribution in [0.25, 0.3) is 0 Å². The van der Waals surface area contributed by atoms with Crippen LogP contribution in [0.5, 0.6) is 0 Å². The van der Waals surface area contributed by atoms with Gasteiger partial charge in [-0.1, -0.05) is 33.1 Å². The molecule has 2 N–H and O–H groups in total. The molecule has 3 nitrogen and oxygen atoms in total. The van der Waals surface area contributed by atoms with E-state index in [9.17, 15) is 5.11 Å². The highest BCUT2D eigenvalue weighted by Gasteiger charge is 2.40. The minimum atomic E-state index is -0.0127. The Balaban J connectivity index is 1.91. The van der Waals surface area contributed by atoms with Gasteiger partial charge < -0.3 is 15.3 Å². The van der Waals surface area contributed by atoms with Crippen molar-refractivity contribution in [3.8, 4) is 0 Å². The van der Waals surface area contributed by atoms with E-state index in [1.807, 2.05) is 0 Å². The highest BCUT2D eigenvalue weighted by molar-refractivity contribution is 5.00. The Morgan fingerprint density at radius 3 is 2.37 bits per heavy atom. The molecule has 3 heteroatoms. The fourth-order valence-electron chi connectivity index (χ4n) is 3.98. The van der Waals surface area contributed by atoms with Gasteiger partial charge in [-0.15, -0.1) is 0 Å². The van der Waals surface area contributed by atoms with E-state index in [4.69, 9.17) is 0 Å². The summed E-state index contributed by atoms with van der Waals surface area (Å²) in [4.78, 5) is 2.71. The molecule has 0 spiro atoms. The normalized spacial score (nSPS) is 34.4. The first-order chi connectivity index (χ1) is 9.15. The number of nitrogens with zero attached hydrogens (tertiary/aromatic N) is 1. The largest absolute Gasteiger partial charge is 0.394 e. The molecule has 19 heavy (non-hydrogen) atoms. The van der Waals surface area contributed by atoms with Gasteiger partial charge in [-0.25, -0.2) is 0 Å². The number of likely N-dealkylation sites (tertiary alicyclic amines) is 1. The van der Waals surface area contributed by atoms with Crippen LogP contribution in [0.3, 0.4) is 0 Å². The Bertz CT molecular complexity index is 261. The van der Waals surface area contributed by atoms with Crippen molar-refractivity contribution in [2.24, 2.45) is 0 Å². The van der Waals surface area contributed by atoms with E-state index in [0.29, 0.717) is 12.1 Å². The van der Waals surface area contributed by atoms with E-state index in [1.165, 1.54) is 51.6 Å². The predicted octanol–water partition coefficient (Wildman–Crippen LogP) is 2.53. The quantitative estimate of drug-likeness (QED) is 0.822. The Hall–Kier alpha value is -0.120. The molecule has 2 fully saturated rings. The SMILES string of the molecule is CC(C)NC1(CO)CCC(N2CCCCCCC2)C1. The summed E-state index contributed by atoms with van der Waals surface area (Å²) in [6, 6.07) is 1.15. The number of rotatable bonds is 4. The van der Waals surface area contributed by atoms with Crippen LogP contribution < -0.4 is 5.32 Å². The summed E-state index contributed by atoms with van der Waals surface area (Å²) in [5.74, 6) is 0. The summed E-state index contributed by atoms with van der Waals surface area (Å²) in [6.45, 7) is 7.19. The molecule has 112 valence electrons. The lowest BCUT2D eigenvalue weighted by Crippen LogP contribution is -2.51. The number of aliphatic hydroxyl groups is 1. The second-order valence-electron chi connectivity index (χ2n) is 6.94. The average molecular weight is 268 g/mol. The zero-order valence-electron chi connectivity index (χ0n) is 12.8. The van der Waals surface area contributed by atoms with Crippen molar-refractivity contribution in [2.45, 2.75) is 82.8 Å². The first-order valence-electron chi connectivity index (χ1n) is 8.28. The first kappa shape index (κ1) is 15.3. The Morgan fingerprint density at radius 2 is 1.79 bits per heavy atom. The second kappa shape index (κ2) is 7.05. The van der Waals surface area contributed by atoms with Crippen LogP contribution in [0.2, 0.25) is 0 Å². The summed E-state index contributed by atoms with van der Waals surface area (Å²) in [5.41, 5.74) is -0.0127. The molecule has 0 amide bonds. The third kappa shape index (κ3) is 4.17. The van der Waals surface area contributed by atoms with E-state index >= 15 is 0 Å². The Kier molecular flexibility index (Phi) is 5.67. The maximum atomic E-state index is 9.80. The first-order valence-corrected chi connectivity index (χ1v) is 8.28. The minimum absolute atomic E-state index is 0.0127. The number of nitrogens with one attached hydrogen (secondary N) is 1. The van der Waals surface area contributed by atoms with Crippen molar-refractivity contribution in [3.63, 3.8) is 0 Å². The van der Waals surface area contributed by atoms with Gasteiger partial charge in [0.05, 0.1) is 6.61 Å². The molecule has 0 aromatic carbocycles. The van der Waals surface area contributed by atoms with Gasteiger partial charge in [-0.3, -0.25) is 0 Å². The number of hydrogen-bond acceptors (Lipinski definition) is 3. The van der Waals surface area contributed by atoms with Gasteiger partial charge in [-0.2, -0.15) is 0 Å². The monoisotopic (exact) mass is 268 g/mol. The molecular formula is C16H32N2O. The molecule has 1 aliphatic heterocycles. The van der Waals surface area contributed by atoms with E-state index < -0.39 is 0 Å². The standard InChI is InChI=1S/C16H32N2O/c1-14(2)17-16(13-19)9-8-15(12-16)18-10-6-4-3-5-7-11-18/h14-15,17,19H,3-13H2,1-2H3. The third-order valence-electron chi connectivity index (χ3n) is 4.89. The van der Waals surface area contributed by atoms with Crippen molar-refractivity contribution in [1.82, 2.24) is 10.2 Å². The van der Waals surface area contributed by atoms with Crippen LogP contribution in [0.4, 0.5) is 0 Å². The average Bonchev–Trinajstić information content (AvgIpc) is 2.72. The lowest BCUT2D eigenvalue weighted by atomic mass is 9.97. The highest BCUT2D eigenvalue weighted by Crippen LogP contribution is 2.34. The lowest BCUT2D eigenvalue weighted by molar-refractivity contribution is 0.131. The second-order valence-corrected chi connectivity index (χ2v) is 6.94. The molecule has 2 rings (SSSR count). The van der Waals surface area contributed by atoms with Crippen LogP contribution >= 0.6 is 0 Å². The van der Waals surface area contributed by atoms with Gasteiger partial charge in [0.2, 0.25) is 0 Å². The maximum absolute atomic E-state index is 9.80. The number of hydrogen-bond donors (Lipinski definition) is 2. The van der Waals surface area contributed by atoms with E-state index in [0.717, 1.165) is 12.8 Å². The summed E-state index contributed by atoms with van der Waals surface area (Å²) in [6.07, 6.45) is 10.5. The van der Waals surface area contributed by atoms with Gasteiger partial charge in [0.25, 0.3) is 0 Å². The summed E-state index contributed by atoms with van der Waals surface area (Å²) in [5, 5.41) is 13.4. The van der Waals surface area contributed by atoms with Crippen LogP contribution in [0, 0.1) is 0 Å². The summed E-state index contributed by atoms with van der Waals surface area (Å²) in [7, 11) is 0. The lowest BCUT2D eigenvalue weighted by Gasteiger charge is -2.34. The Labute approximate surface area is 118 Å². The van der Waals surface area contributed by atoms with Gasteiger partial charge >= 0.3 is 0 Å². The number of aliphatic hydroxyl groups excluding tert-OH is 1. The van der Waals surface area contributed by atoms with Crippen molar-refractivity contribution < 1.29 is 5.11 Å².